The van der Waals surface area contributed by atoms with E-state index in [1.807, 2.05) is 0 Å². The molecule has 1 rings (SSSR count). The lowest BCUT2D eigenvalue weighted by Gasteiger charge is -1.95. The van der Waals surface area contributed by atoms with E-state index in [0.717, 1.165) is 25.1 Å². The molecule has 56 valence electrons. The van der Waals surface area contributed by atoms with Crippen molar-refractivity contribution >= 4 is 0 Å². The van der Waals surface area contributed by atoms with Crippen LogP contribution in [0.3, 0.4) is 0 Å². The molecule has 0 atom stereocenters. The quantitative estimate of drug-likeness (QED) is 0.629. The Balaban J connectivity index is 2.15. The molecule has 0 amide bonds. The largest absolute Gasteiger partial charge is 0.364 e. The molecular weight excluding hydrogens is 128 g/mol. The number of hydrogen-bond donors (Lipinski definition) is 1. The average molecular weight is 140 g/mol. The Morgan fingerprint density at radius 1 is 1.70 bits per heavy atom. The van der Waals surface area contributed by atoms with Gasteiger partial charge in [0.15, 0.2) is 0 Å². The summed E-state index contributed by atoms with van der Waals surface area (Å²) in [6.45, 7) is 4.11. The van der Waals surface area contributed by atoms with Crippen molar-refractivity contribution in [2.75, 3.05) is 13.1 Å². The van der Waals surface area contributed by atoms with Gasteiger partial charge in [-0.25, -0.2) is 0 Å². The molecule has 10 heavy (non-hydrogen) atoms. The first-order valence-electron chi connectivity index (χ1n) is 3.52. The third-order valence-corrected chi connectivity index (χ3v) is 1.32. The maximum absolute atomic E-state index is 4.67. The molecule has 0 saturated heterocycles. The maximum atomic E-state index is 4.67. The maximum Gasteiger partial charge on any atom is 0.127 e. The van der Waals surface area contributed by atoms with Gasteiger partial charge in [0.25, 0.3) is 0 Å². The van der Waals surface area contributed by atoms with E-state index in [2.05, 4.69) is 21.9 Å². The molecule has 0 fully saturated rings. The number of nitrogens with zero attached hydrogens (tertiary/aromatic N) is 1. The van der Waals surface area contributed by atoms with E-state index in [1.54, 1.807) is 12.5 Å². The highest BCUT2D eigenvalue weighted by atomic mass is 16.5. The summed E-state index contributed by atoms with van der Waals surface area (Å²) in [6.07, 6.45) is 4.42. The van der Waals surface area contributed by atoms with Crippen LogP contribution in [-0.2, 0) is 6.42 Å². The fraction of sp³-hybridized carbons (Fsp3) is 0.571. The monoisotopic (exact) mass is 140 g/mol. The van der Waals surface area contributed by atoms with Gasteiger partial charge in [0.2, 0.25) is 0 Å². The summed E-state index contributed by atoms with van der Waals surface area (Å²) in [4.78, 5) is 0. The third kappa shape index (κ3) is 2.19. The Kier molecular flexibility index (Phi) is 2.96. The number of rotatable bonds is 4. The van der Waals surface area contributed by atoms with Gasteiger partial charge in [0.05, 0.1) is 6.20 Å². The van der Waals surface area contributed by atoms with Gasteiger partial charge in [-0.15, -0.1) is 0 Å². The van der Waals surface area contributed by atoms with E-state index in [9.17, 15) is 0 Å². The van der Waals surface area contributed by atoms with Gasteiger partial charge < -0.3 is 9.84 Å². The van der Waals surface area contributed by atoms with Gasteiger partial charge in [-0.1, -0.05) is 12.1 Å². The number of likely N-dealkylation sites (N-methyl/N-ethyl adjacent to an activating group) is 1. The molecule has 1 aromatic heterocycles. The summed E-state index contributed by atoms with van der Waals surface area (Å²) in [7, 11) is 0. The van der Waals surface area contributed by atoms with Crippen LogP contribution in [0, 0.1) is 0 Å². The molecule has 0 aliphatic rings. The molecule has 0 spiro atoms. The van der Waals surface area contributed by atoms with E-state index in [-0.39, 0.29) is 0 Å². The normalized spacial score (nSPS) is 10.1. The van der Waals surface area contributed by atoms with Gasteiger partial charge >= 0.3 is 0 Å². The standard InChI is InChI=1S/C7H12N2O/c1-2-8-4-3-7-5-9-10-6-7/h5-6,8H,2-4H2,1H3. The first-order valence-corrected chi connectivity index (χ1v) is 3.52. The minimum Gasteiger partial charge on any atom is -0.364 e. The van der Waals surface area contributed by atoms with Crippen molar-refractivity contribution in [2.24, 2.45) is 0 Å². The van der Waals surface area contributed by atoms with Crippen molar-refractivity contribution < 1.29 is 4.52 Å². The summed E-state index contributed by atoms with van der Waals surface area (Å²) in [5.41, 5.74) is 1.15. The lowest BCUT2D eigenvalue weighted by Crippen LogP contribution is -2.15. The predicted molar refractivity (Wildman–Crippen MR) is 38.8 cm³/mol. The fourth-order valence-corrected chi connectivity index (χ4v) is 0.760. The van der Waals surface area contributed by atoms with E-state index < -0.39 is 0 Å². The van der Waals surface area contributed by atoms with E-state index in [4.69, 9.17) is 0 Å². The lowest BCUT2D eigenvalue weighted by molar-refractivity contribution is 0.419. The summed E-state index contributed by atoms with van der Waals surface area (Å²) in [6, 6.07) is 0. The van der Waals surface area contributed by atoms with E-state index in [0.29, 0.717) is 0 Å². The Bertz CT molecular complexity index is 160. The van der Waals surface area contributed by atoms with Crippen molar-refractivity contribution in [1.82, 2.24) is 10.5 Å². The first-order chi connectivity index (χ1) is 4.93. The van der Waals surface area contributed by atoms with Crippen molar-refractivity contribution in [3.8, 4) is 0 Å². The van der Waals surface area contributed by atoms with Crippen molar-refractivity contribution in [3.63, 3.8) is 0 Å². The molecule has 0 unspecified atom stereocenters. The predicted octanol–water partition coefficient (Wildman–Crippen LogP) is 0.827. The highest BCUT2D eigenvalue weighted by Gasteiger charge is 1.92. The van der Waals surface area contributed by atoms with Crippen LogP contribution in [-0.4, -0.2) is 18.2 Å². The summed E-state index contributed by atoms with van der Waals surface area (Å²) in [5.74, 6) is 0. The van der Waals surface area contributed by atoms with Crippen LogP contribution < -0.4 is 5.32 Å². The van der Waals surface area contributed by atoms with Crippen molar-refractivity contribution in [1.29, 1.82) is 0 Å². The Morgan fingerprint density at radius 2 is 2.60 bits per heavy atom. The summed E-state index contributed by atoms with van der Waals surface area (Å²) in [5, 5.41) is 6.82. The summed E-state index contributed by atoms with van der Waals surface area (Å²) >= 11 is 0. The van der Waals surface area contributed by atoms with Gasteiger partial charge in [-0.3, -0.25) is 0 Å². The molecular formula is C7H12N2O. The minimum absolute atomic E-state index is 0.997. The molecule has 1 heterocycles. The molecule has 0 radical (unpaired) electrons. The SMILES string of the molecule is CCNCCc1cnoc1. The van der Waals surface area contributed by atoms with Crippen molar-refractivity contribution in [2.45, 2.75) is 13.3 Å². The van der Waals surface area contributed by atoms with Crippen LogP contribution in [0.5, 0.6) is 0 Å². The van der Waals surface area contributed by atoms with Gasteiger partial charge in [-0.05, 0) is 19.5 Å². The molecule has 0 saturated carbocycles. The zero-order valence-electron chi connectivity index (χ0n) is 6.13. The van der Waals surface area contributed by atoms with Crippen molar-refractivity contribution in [3.05, 3.63) is 18.0 Å². The molecule has 0 bridgehead atoms. The molecule has 0 aliphatic heterocycles. The average Bonchev–Trinajstić information content (AvgIpc) is 2.41. The molecule has 3 heteroatoms. The first kappa shape index (κ1) is 7.28. The van der Waals surface area contributed by atoms with Gasteiger partial charge in [-0.2, -0.15) is 0 Å². The van der Waals surface area contributed by atoms with Crippen LogP contribution >= 0.6 is 0 Å². The van der Waals surface area contributed by atoms with Crippen LogP contribution in [0.2, 0.25) is 0 Å². The second kappa shape index (κ2) is 4.06. The topological polar surface area (TPSA) is 38.1 Å². The summed E-state index contributed by atoms with van der Waals surface area (Å²) < 4.78 is 4.67. The Hall–Kier alpha value is -0.830. The van der Waals surface area contributed by atoms with Gasteiger partial charge in [0.1, 0.15) is 6.26 Å². The number of nitrogens with one attached hydrogen (secondary N) is 1. The van der Waals surface area contributed by atoms with Gasteiger partial charge in [0, 0.05) is 5.56 Å². The second-order valence-corrected chi connectivity index (χ2v) is 2.14. The van der Waals surface area contributed by atoms with Crippen LogP contribution in [0.15, 0.2) is 17.0 Å². The third-order valence-electron chi connectivity index (χ3n) is 1.32. The smallest absolute Gasteiger partial charge is 0.127 e. The molecule has 0 aromatic carbocycles. The van der Waals surface area contributed by atoms with Crippen LogP contribution in [0.1, 0.15) is 12.5 Å². The minimum atomic E-state index is 0.997. The molecule has 1 N–H and O–H groups in total. The second-order valence-electron chi connectivity index (χ2n) is 2.14. The fourth-order valence-electron chi connectivity index (χ4n) is 0.760. The number of aromatic nitrogens is 1. The lowest BCUT2D eigenvalue weighted by atomic mass is 10.3. The Morgan fingerprint density at radius 3 is 3.20 bits per heavy atom. The van der Waals surface area contributed by atoms with E-state index in [1.165, 1.54) is 0 Å². The highest BCUT2D eigenvalue weighted by molar-refractivity contribution is 5.00. The van der Waals surface area contributed by atoms with E-state index >= 15 is 0 Å². The number of hydrogen-bond acceptors (Lipinski definition) is 3. The zero-order chi connectivity index (χ0) is 7.23. The molecule has 1 aromatic rings. The van der Waals surface area contributed by atoms with Crippen LogP contribution in [0.4, 0.5) is 0 Å². The zero-order valence-corrected chi connectivity index (χ0v) is 6.13. The molecule has 3 nitrogen and oxygen atoms in total. The Labute approximate surface area is 60.4 Å². The van der Waals surface area contributed by atoms with Crippen LogP contribution in [0.25, 0.3) is 0 Å². The molecule has 0 aliphatic carbocycles. The highest BCUT2D eigenvalue weighted by Crippen LogP contribution is 1.95.